The number of nitrogens with zero attached hydrogens (tertiary/aromatic N) is 1. The van der Waals surface area contributed by atoms with Gasteiger partial charge < -0.3 is 4.42 Å². The van der Waals surface area contributed by atoms with Gasteiger partial charge in [-0.1, -0.05) is 23.5 Å². The molecule has 3 rings (SSSR count). The lowest BCUT2D eigenvalue weighted by Crippen LogP contribution is -2.14. The van der Waals surface area contributed by atoms with Crippen LogP contribution >= 0.6 is 11.3 Å². The third kappa shape index (κ3) is 2.59. The second kappa shape index (κ2) is 5.29. The molecule has 1 N–H and O–H groups in total. The fourth-order valence-corrected chi connectivity index (χ4v) is 2.40. The number of aldehydes is 1. The fraction of sp³-hybridized carbons (Fsp3) is 0. The zero-order valence-corrected chi connectivity index (χ0v) is 11.3. The first kappa shape index (κ1) is 13.2. The number of para-hydroxylation sites is 1. The van der Waals surface area contributed by atoms with Gasteiger partial charge in [-0.25, -0.2) is 4.98 Å². The Kier molecular flexibility index (Phi) is 3.33. The first-order valence-electron chi connectivity index (χ1n) is 5.92. The van der Waals surface area contributed by atoms with Crippen LogP contribution in [0.15, 0.2) is 45.7 Å². The molecular weight excluding hydrogens is 292 g/mol. The summed E-state index contributed by atoms with van der Waals surface area (Å²) in [6, 6.07) is 7.80. The van der Waals surface area contributed by atoms with Crippen LogP contribution in [0, 0.1) is 0 Å². The van der Waals surface area contributed by atoms with Crippen molar-refractivity contribution in [1.82, 2.24) is 4.98 Å². The van der Waals surface area contributed by atoms with E-state index in [0.717, 1.165) is 17.4 Å². The normalized spacial score (nSPS) is 10.5. The summed E-state index contributed by atoms with van der Waals surface area (Å²) in [5, 5.41) is 3.15. The number of carbonyl (C=O) groups excluding carboxylic acids is 2. The van der Waals surface area contributed by atoms with E-state index < -0.39 is 5.91 Å². The molecule has 0 unspecified atom stereocenters. The van der Waals surface area contributed by atoms with Crippen LogP contribution in [0.1, 0.15) is 20.2 Å². The minimum Gasteiger partial charge on any atom is -0.451 e. The molecule has 0 spiro atoms. The average molecular weight is 300 g/mol. The van der Waals surface area contributed by atoms with Gasteiger partial charge in [-0.3, -0.25) is 19.7 Å². The van der Waals surface area contributed by atoms with E-state index in [1.54, 1.807) is 24.3 Å². The van der Waals surface area contributed by atoms with Crippen molar-refractivity contribution < 1.29 is 14.0 Å². The first-order valence-corrected chi connectivity index (χ1v) is 6.74. The average Bonchev–Trinajstić information content (AvgIpc) is 2.95. The molecule has 0 aliphatic heterocycles. The van der Waals surface area contributed by atoms with Crippen LogP contribution in [0.3, 0.4) is 0 Å². The van der Waals surface area contributed by atoms with E-state index in [-0.39, 0.29) is 16.3 Å². The molecule has 0 saturated carbocycles. The van der Waals surface area contributed by atoms with Gasteiger partial charge in [-0.2, -0.15) is 0 Å². The standard InChI is InChI=1S/C14H8N2O4S/c17-7-8-6-15-14(21-8)16-13(19)12-5-10(18)9-3-1-2-4-11(9)20-12/h1-7H,(H,15,16,19). The molecular formula is C14H8N2O4S. The number of nitrogens with one attached hydrogen (secondary N) is 1. The van der Waals surface area contributed by atoms with Crippen LogP contribution in [0.25, 0.3) is 11.0 Å². The predicted molar refractivity (Wildman–Crippen MR) is 77.9 cm³/mol. The molecule has 0 bridgehead atoms. The van der Waals surface area contributed by atoms with Crippen molar-refractivity contribution in [2.45, 2.75) is 0 Å². The zero-order chi connectivity index (χ0) is 14.8. The first-order chi connectivity index (χ1) is 10.2. The summed E-state index contributed by atoms with van der Waals surface area (Å²) in [6.07, 6.45) is 1.99. The maximum Gasteiger partial charge on any atom is 0.293 e. The molecule has 0 saturated heterocycles. The van der Waals surface area contributed by atoms with Crippen molar-refractivity contribution in [3.8, 4) is 0 Å². The van der Waals surface area contributed by atoms with Gasteiger partial charge in [0.25, 0.3) is 5.91 Å². The van der Waals surface area contributed by atoms with Gasteiger partial charge >= 0.3 is 0 Å². The lowest BCUT2D eigenvalue weighted by atomic mass is 10.2. The van der Waals surface area contributed by atoms with Crippen molar-refractivity contribution >= 4 is 39.6 Å². The van der Waals surface area contributed by atoms with Crippen LogP contribution in [0.4, 0.5) is 5.13 Å². The van der Waals surface area contributed by atoms with Gasteiger partial charge in [-0.05, 0) is 12.1 Å². The molecule has 0 fully saturated rings. The Morgan fingerprint density at radius 2 is 2.14 bits per heavy atom. The van der Waals surface area contributed by atoms with Crippen LogP contribution in [0.5, 0.6) is 0 Å². The van der Waals surface area contributed by atoms with Crippen molar-refractivity contribution in [2.75, 3.05) is 5.32 Å². The molecule has 0 aliphatic carbocycles. The monoisotopic (exact) mass is 300 g/mol. The highest BCUT2D eigenvalue weighted by molar-refractivity contribution is 7.17. The highest BCUT2D eigenvalue weighted by Gasteiger charge is 2.14. The number of anilines is 1. The smallest absolute Gasteiger partial charge is 0.293 e. The largest absolute Gasteiger partial charge is 0.451 e. The van der Waals surface area contributed by atoms with Crippen molar-refractivity contribution in [1.29, 1.82) is 0 Å². The van der Waals surface area contributed by atoms with Crippen molar-refractivity contribution in [3.63, 3.8) is 0 Å². The van der Waals surface area contributed by atoms with Crippen molar-refractivity contribution in [3.05, 3.63) is 57.4 Å². The summed E-state index contributed by atoms with van der Waals surface area (Å²) in [4.78, 5) is 38.8. The molecule has 104 valence electrons. The molecule has 7 heteroatoms. The Bertz CT molecular complexity index is 897. The Morgan fingerprint density at radius 3 is 2.90 bits per heavy atom. The van der Waals surface area contributed by atoms with Crippen LogP contribution in [-0.2, 0) is 0 Å². The van der Waals surface area contributed by atoms with Gasteiger partial charge in [0.1, 0.15) is 5.58 Å². The third-order valence-corrected chi connectivity index (χ3v) is 3.56. The summed E-state index contributed by atoms with van der Waals surface area (Å²) in [6.45, 7) is 0. The number of hydrogen-bond donors (Lipinski definition) is 1. The number of aromatic nitrogens is 1. The third-order valence-electron chi connectivity index (χ3n) is 2.72. The Hall–Kier alpha value is -2.80. The topological polar surface area (TPSA) is 89.3 Å². The number of hydrogen-bond acceptors (Lipinski definition) is 6. The molecule has 2 aromatic heterocycles. The predicted octanol–water partition coefficient (Wildman–Crippen LogP) is 2.31. The summed E-state index contributed by atoms with van der Waals surface area (Å²) < 4.78 is 5.41. The summed E-state index contributed by atoms with van der Waals surface area (Å²) in [5.74, 6) is -0.703. The lowest BCUT2D eigenvalue weighted by molar-refractivity contribution is 0.0996. The number of thiazole rings is 1. The molecule has 0 aliphatic rings. The van der Waals surface area contributed by atoms with Crippen molar-refractivity contribution in [2.24, 2.45) is 0 Å². The van der Waals surface area contributed by atoms with E-state index in [1.807, 2.05) is 0 Å². The van der Waals surface area contributed by atoms with Crippen LogP contribution in [0.2, 0.25) is 0 Å². The van der Waals surface area contributed by atoms with E-state index in [9.17, 15) is 14.4 Å². The van der Waals surface area contributed by atoms with E-state index >= 15 is 0 Å². The Labute approximate surface area is 122 Å². The summed E-state index contributed by atoms with van der Waals surface area (Å²) >= 11 is 1.03. The molecule has 0 atom stereocenters. The highest BCUT2D eigenvalue weighted by Crippen LogP contribution is 2.18. The maximum atomic E-state index is 12.0. The number of amides is 1. The summed E-state index contributed by atoms with van der Waals surface area (Å²) in [5.41, 5.74) is 0.0394. The zero-order valence-electron chi connectivity index (χ0n) is 10.5. The quantitative estimate of drug-likeness (QED) is 0.750. The number of fused-ring (bicyclic) bond motifs is 1. The minimum absolute atomic E-state index is 0.110. The molecule has 6 nitrogen and oxygen atoms in total. The highest BCUT2D eigenvalue weighted by atomic mass is 32.1. The van der Waals surface area contributed by atoms with Crippen LogP contribution < -0.4 is 10.7 Å². The van der Waals surface area contributed by atoms with E-state index in [1.165, 1.54) is 6.20 Å². The minimum atomic E-state index is -0.593. The fourth-order valence-electron chi connectivity index (χ4n) is 1.77. The van der Waals surface area contributed by atoms with Gasteiger partial charge in [0.05, 0.1) is 16.5 Å². The molecule has 0 radical (unpaired) electrons. The SMILES string of the molecule is O=Cc1cnc(NC(=O)c2cc(=O)c3ccccc3o2)s1. The second-order valence-electron chi connectivity index (χ2n) is 4.11. The summed E-state index contributed by atoms with van der Waals surface area (Å²) in [7, 11) is 0. The second-order valence-corrected chi connectivity index (χ2v) is 5.17. The van der Waals surface area contributed by atoms with E-state index in [4.69, 9.17) is 4.42 Å². The molecule has 1 aromatic carbocycles. The Balaban J connectivity index is 1.94. The number of rotatable bonds is 3. The van der Waals surface area contributed by atoms with E-state index in [0.29, 0.717) is 22.1 Å². The van der Waals surface area contributed by atoms with Gasteiger partial charge in [0.15, 0.2) is 22.6 Å². The molecule has 21 heavy (non-hydrogen) atoms. The van der Waals surface area contributed by atoms with Gasteiger partial charge in [0.2, 0.25) is 0 Å². The Morgan fingerprint density at radius 1 is 1.33 bits per heavy atom. The van der Waals surface area contributed by atoms with E-state index in [2.05, 4.69) is 10.3 Å². The molecule has 2 heterocycles. The van der Waals surface area contributed by atoms with Gasteiger partial charge in [0, 0.05) is 6.07 Å². The molecule has 3 aromatic rings. The molecule has 1 amide bonds. The lowest BCUT2D eigenvalue weighted by Gasteiger charge is -2.02. The number of carbonyl (C=O) groups is 2. The maximum absolute atomic E-state index is 12.0. The van der Waals surface area contributed by atoms with Gasteiger partial charge in [-0.15, -0.1) is 0 Å². The number of benzene rings is 1. The van der Waals surface area contributed by atoms with Crippen LogP contribution in [-0.4, -0.2) is 17.2 Å².